The van der Waals surface area contributed by atoms with E-state index < -0.39 is 0 Å². The van der Waals surface area contributed by atoms with Crippen LogP contribution < -0.4 is 10.1 Å². The molecule has 1 N–H and O–H groups in total. The average molecular weight is 314 g/mol. The van der Waals surface area contributed by atoms with Gasteiger partial charge in [-0.2, -0.15) is 0 Å². The topological polar surface area (TPSA) is 52.0 Å². The Kier molecular flexibility index (Phi) is 5.64. The number of nitrogens with zero attached hydrogens (tertiary/aromatic N) is 3. The van der Waals surface area contributed by atoms with E-state index in [9.17, 15) is 0 Å². The zero-order valence-electron chi connectivity index (χ0n) is 13.9. The van der Waals surface area contributed by atoms with Gasteiger partial charge in [-0.15, -0.1) is 5.10 Å². The molecule has 0 saturated heterocycles. The molecule has 0 unspecified atom stereocenters. The van der Waals surface area contributed by atoms with Crippen molar-refractivity contribution >= 4 is 0 Å². The van der Waals surface area contributed by atoms with Crippen LogP contribution in [-0.4, -0.2) is 34.2 Å². The molecule has 1 aromatic heterocycles. The molecule has 1 heterocycles. The third kappa shape index (κ3) is 4.79. The van der Waals surface area contributed by atoms with Gasteiger partial charge in [0.05, 0.1) is 12.2 Å². The Hall–Kier alpha value is -1.88. The van der Waals surface area contributed by atoms with E-state index in [2.05, 4.69) is 34.7 Å². The van der Waals surface area contributed by atoms with Gasteiger partial charge in [0.25, 0.3) is 0 Å². The molecule has 0 atom stereocenters. The molecule has 124 valence electrons. The Bertz CT molecular complexity index is 587. The molecule has 2 aromatic rings. The molecular weight excluding hydrogens is 288 g/mol. The quantitative estimate of drug-likeness (QED) is 0.761. The number of aromatic nitrogens is 3. The standard InChI is InChI=1S/C18H26N4O/c1-2-16-14-22(21-20-16)13-15-7-9-18(10-8-15)23-12-11-19-17-5-3-4-6-17/h7-10,14,17,19H,2-6,11-13H2,1H3. The highest BCUT2D eigenvalue weighted by molar-refractivity contribution is 5.27. The number of benzene rings is 1. The average Bonchev–Trinajstić information content (AvgIpc) is 3.24. The predicted octanol–water partition coefficient (Wildman–Crippen LogP) is 2.80. The summed E-state index contributed by atoms with van der Waals surface area (Å²) in [4.78, 5) is 0. The van der Waals surface area contributed by atoms with Crippen molar-refractivity contribution in [2.24, 2.45) is 0 Å². The number of hydrogen-bond donors (Lipinski definition) is 1. The first-order chi connectivity index (χ1) is 11.3. The molecule has 5 heteroatoms. The fraction of sp³-hybridized carbons (Fsp3) is 0.556. The summed E-state index contributed by atoms with van der Waals surface area (Å²) in [6.45, 7) is 4.47. The Balaban J connectivity index is 1.41. The predicted molar refractivity (Wildman–Crippen MR) is 90.7 cm³/mol. The normalized spacial score (nSPS) is 15.2. The number of ether oxygens (including phenoxy) is 1. The van der Waals surface area contributed by atoms with Gasteiger partial charge in [0.2, 0.25) is 0 Å². The highest BCUT2D eigenvalue weighted by Gasteiger charge is 2.13. The van der Waals surface area contributed by atoms with Crippen LogP contribution in [-0.2, 0) is 13.0 Å². The molecule has 1 aliphatic rings. The molecule has 0 radical (unpaired) electrons. The monoisotopic (exact) mass is 314 g/mol. The molecule has 5 nitrogen and oxygen atoms in total. The summed E-state index contributed by atoms with van der Waals surface area (Å²) < 4.78 is 7.67. The van der Waals surface area contributed by atoms with Crippen molar-refractivity contribution in [1.82, 2.24) is 20.3 Å². The maximum absolute atomic E-state index is 5.80. The second-order valence-electron chi connectivity index (χ2n) is 6.19. The van der Waals surface area contributed by atoms with E-state index in [1.165, 1.54) is 31.2 Å². The lowest BCUT2D eigenvalue weighted by molar-refractivity contribution is 0.305. The summed E-state index contributed by atoms with van der Waals surface area (Å²) in [5.41, 5.74) is 2.23. The van der Waals surface area contributed by atoms with Crippen LogP contribution in [0.2, 0.25) is 0 Å². The van der Waals surface area contributed by atoms with Crippen molar-refractivity contribution in [2.75, 3.05) is 13.2 Å². The Morgan fingerprint density at radius 1 is 1.22 bits per heavy atom. The smallest absolute Gasteiger partial charge is 0.119 e. The highest BCUT2D eigenvalue weighted by Crippen LogP contribution is 2.17. The van der Waals surface area contributed by atoms with Gasteiger partial charge in [-0.05, 0) is 37.0 Å². The zero-order chi connectivity index (χ0) is 15.9. The maximum atomic E-state index is 5.80. The van der Waals surface area contributed by atoms with Gasteiger partial charge in [-0.25, -0.2) is 4.68 Å². The van der Waals surface area contributed by atoms with E-state index >= 15 is 0 Å². The van der Waals surface area contributed by atoms with Gasteiger partial charge in [-0.1, -0.05) is 37.1 Å². The third-order valence-corrected chi connectivity index (χ3v) is 4.38. The molecular formula is C18H26N4O. The van der Waals surface area contributed by atoms with Gasteiger partial charge >= 0.3 is 0 Å². The molecule has 3 rings (SSSR count). The first-order valence-corrected chi connectivity index (χ1v) is 8.67. The van der Waals surface area contributed by atoms with Crippen LogP contribution in [0.25, 0.3) is 0 Å². The van der Waals surface area contributed by atoms with Crippen molar-refractivity contribution in [3.63, 3.8) is 0 Å². The van der Waals surface area contributed by atoms with Crippen LogP contribution in [0.5, 0.6) is 5.75 Å². The second-order valence-corrected chi connectivity index (χ2v) is 6.19. The van der Waals surface area contributed by atoms with E-state index in [0.717, 1.165) is 37.6 Å². The van der Waals surface area contributed by atoms with Crippen molar-refractivity contribution in [1.29, 1.82) is 0 Å². The highest BCUT2D eigenvalue weighted by atomic mass is 16.5. The summed E-state index contributed by atoms with van der Waals surface area (Å²) in [6, 6.07) is 8.95. The summed E-state index contributed by atoms with van der Waals surface area (Å²) in [6.07, 6.45) is 8.28. The van der Waals surface area contributed by atoms with Crippen LogP contribution in [0.4, 0.5) is 0 Å². The molecule has 0 spiro atoms. The molecule has 1 fully saturated rings. The summed E-state index contributed by atoms with van der Waals surface area (Å²) in [7, 11) is 0. The lowest BCUT2D eigenvalue weighted by atomic mass is 10.2. The lowest BCUT2D eigenvalue weighted by Gasteiger charge is -2.12. The second kappa shape index (κ2) is 8.11. The summed E-state index contributed by atoms with van der Waals surface area (Å²) >= 11 is 0. The van der Waals surface area contributed by atoms with Crippen LogP contribution in [0.15, 0.2) is 30.5 Å². The van der Waals surface area contributed by atoms with Crippen LogP contribution in [0, 0.1) is 0 Å². The minimum Gasteiger partial charge on any atom is -0.492 e. The minimum atomic E-state index is 0.705. The number of nitrogens with one attached hydrogen (secondary N) is 1. The summed E-state index contributed by atoms with van der Waals surface area (Å²) in [5, 5.41) is 11.8. The van der Waals surface area contributed by atoms with Crippen LogP contribution in [0.3, 0.4) is 0 Å². The molecule has 0 bridgehead atoms. The number of hydrogen-bond acceptors (Lipinski definition) is 4. The Labute approximate surface area is 138 Å². The molecule has 23 heavy (non-hydrogen) atoms. The fourth-order valence-corrected chi connectivity index (χ4v) is 3.02. The van der Waals surface area contributed by atoms with Gasteiger partial charge in [0.1, 0.15) is 12.4 Å². The van der Waals surface area contributed by atoms with Gasteiger partial charge in [0, 0.05) is 18.8 Å². The van der Waals surface area contributed by atoms with Gasteiger partial charge < -0.3 is 10.1 Å². The first kappa shape index (κ1) is 16.0. The van der Waals surface area contributed by atoms with E-state index in [0.29, 0.717) is 6.04 Å². The van der Waals surface area contributed by atoms with Crippen molar-refractivity contribution in [2.45, 2.75) is 51.6 Å². The Morgan fingerprint density at radius 3 is 2.70 bits per heavy atom. The van der Waals surface area contributed by atoms with E-state index in [-0.39, 0.29) is 0 Å². The maximum Gasteiger partial charge on any atom is 0.119 e. The molecule has 0 amide bonds. The SMILES string of the molecule is CCc1cn(Cc2ccc(OCCNC3CCCC3)cc2)nn1. The Morgan fingerprint density at radius 2 is 2.00 bits per heavy atom. The molecule has 0 aliphatic heterocycles. The van der Waals surface area contributed by atoms with Crippen molar-refractivity contribution in [3.8, 4) is 5.75 Å². The van der Waals surface area contributed by atoms with Crippen LogP contribution >= 0.6 is 0 Å². The lowest BCUT2D eigenvalue weighted by Crippen LogP contribution is -2.30. The van der Waals surface area contributed by atoms with Crippen molar-refractivity contribution in [3.05, 3.63) is 41.7 Å². The van der Waals surface area contributed by atoms with E-state index in [1.807, 2.05) is 23.0 Å². The van der Waals surface area contributed by atoms with Gasteiger partial charge in [0.15, 0.2) is 0 Å². The minimum absolute atomic E-state index is 0.705. The fourth-order valence-electron chi connectivity index (χ4n) is 3.02. The molecule has 1 aliphatic carbocycles. The summed E-state index contributed by atoms with van der Waals surface area (Å²) in [5.74, 6) is 0.926. The zero-order valence-corrected chi connectivity index (χ0v) is 13.9. The number of rotatable bonds is 8. The third-order valence-electron chi connectivity index (χ3n) is 4.38. The molecule has 1 aromatic carbocycles. The van der Waals surface area contributed by atoms with E-state index in [4.69, 9.17) is 4.74 Å². The van der Waals surface area contributed by atoms with Gasteiger partial charge in [-0.3, -0.25) is 0 Å². The van der Waals surface area contributed by atoms with Crippen molar-refractivity contribution < 1.29 is 4.74 Å². The molecule has 1 saturated carbocycles. The first-order valence-electron chi connectivity index (χ1n) is 8.67. The largest absolute Gasteiger partial charge is 0.492 e. The number of aryl methyl sites for hydroxylation is 1. The van der Waals surface area contributed by atoms with E-state index in [1.54, 1.807) is 0 Å². The van der Waals surface area contributed by atoms with Crippen LogP contribution in [0.1, 0.15) is 43.9 Å².